The van der Waals surface area contributed by atoms with Crippen LogP contribution in [0, 0.1) is 5.92 Å². The maximum Gasteiger partial charge on any atom is 0.119 e. The fourth-order valence-corrected chi connectivity index (χ4v) is 3.82. The molecule has 0 spiro atoms. The smallest absolute Gasteiger partial charge is 0.119 e. The molecule has 2 aliphatic rings. The highest BCUT2D eigenvalue weighted by Gasteiger charge is 2.41. The Morgan fingerprint density at radius 1 is 1.05 bits per heavy atom. The molecule has 4 nitrogen and oxygen atoms in total. The van der Waals surface area contributed by atoms with Crippen LogP contribution in [-0.4, -0.2) is 23.7 Å². The molecule has 2 N–H and O–H groups in total. The van der Waals surface area contributed by atoms with Crippen molar-refractivity contribution < 1.29 is 4.74 Å². The largest absolute Gasteiger partial charge is 0.490 e. The Morgan fingerprint density at radius 2 is 1.82 bits per heavy atom. The van der Waals surface area contributed by atoms with Gasteiger partial charge in [-0.1, -0.05) is 0 Å². The summed E-state index contributed by atoms with van der Waals surface area (Å²) in [6.07, 6.45) is 7.61. The fourth-order valence-electron chi connectivity index (χ4n) is 3.82. The van der Waals surface area contributed by atoms with Gasteiger partial charge in [0, 0.05) is 42.3 Å². The number of hydrogen-bond acceptors (Lipinski definition) is 4. The van der Waals surface area contributed by atoms with Crippen molar-refractivity contribution in [2.45, 2.75) is 31.4 Å². The van der Waals surface area contributed by atoms with Crippen molar-refractivity contribution >= 4 is 11.4 Å². The topological polar surface area (TPSA) is 51.4 Å². The van der Waals surface area contributed by atoms with E-state index in [2.05, 4.69) is 22.0 Å². The summed E-state index contributed by atoms with van der Waals surface area (Å²) in [4.78, 5) is 6.65. The molecule has 3 atom stereocenters. The quantitative estimate of drug-likeness (QED) is 0.884. The Bertz CT molecular complexity index is 629. The minimum absolute atomic E-state index is 0.312. The molecule has 0 amide bonds. The number of nitrogens with two attached hydrogens (primary N) is 1. The molecule has 2 heterocycles. The molecule has 1 aliphatic heterocycles. The van der Waals surface area contributed by atoms with E-state index in [1.54, 1.807) is 0 Å². The monoisotopic (exact) mass is 295 g/mol. The van der Waals surface area contributed by atoms with Gasteiger partial charge < -0.3 is 15.4 Å². The highest BCUT2D eigenvalue weighted by Crippen LogP contribution is 2.39. The minimum atomic E-state index is 0.312. The van der Waals surface area contributed by atoms with Crippen molar-refractivity contribution in [3.8, 4) is 5.75 Å². The Labute approximate surface area is 130 Å². The molecule has 2 aromatic rings. The lowest BCUT2D eigenvalue weighted by molar-refractivity contribution is 0.113. The number of fused-ring (bicyclic) bond motifs is 2. The molecule has 22 heavy (non-hydrogen) atoms. The van der Waals surface area contributed by atoms with Crippen LogP contribution in [0.15, 0.2) is 48.8 Å². The van der Waals surface area contributed by atoms with Gasteiger partial charge in [-0.3, -0.25) is 4.98 Å². The fraction of sp³-hybridized carbons (Fsp3) is 0.389. The van der Waals surface area contributed by atoms with Gasteiger partial charge in [0.25, 0.3) is 0 Å². The van der Waals surface area contributed by atoms with E-state index in [4.69, 9.17) is 10.5 Å². The van der Waals surface area contributed by atoms with Crippen LogP contribution in [0.1, 0.15) is 19.3 Å². The standard InChI is InChI=1S/C18H21N3O/c19-14-1-4-17(5-2-14)22-18-6-3-16-11-13(18)12-21(16)15-7-9-20-10-8-15/h1-2,4-5,7-10,13,16,18H,3,6,11-12,19H2. The number of pyridine rings is 1. The molecule has 2 bridgehead atoms. The van der Waals surface area contributed by atoms with Crippen LogP contribution >= 0.6 is 0 Å². The average Bonchev–Trinajstić information content (AvgIpc) is 2.91. The SMILES string of the molecule is Nc1ccc(OC2CCC3CC2CN3c2ccncc2)cc1. The summed E-state index contributed by atoms with van der Waals surface area (Å²) in [6, 6.07) is 12.6. The summed E-state index contributed by atoms with van der Waals surface area (Å²) >= 11 is 0. The van der Waals surface area contributed by atoms with Gasteiger partial charge in [-0.2, -0.15) is 0 Å². The highest BCUT2D eigenvalue weighted by molar-refractivity contribution is 5.48. The van der Waals surface area contributed by atoms with Crippen molar-refractivity contribution in [2.24, 2.45) is 5.92 Å². The van der Waals surface area contributed by atoms with Crippen molar-refractivity contribution in [1.82, 2.24) is 4.98 Å². The number of nitrogens with zero attached hydrogens (tertiary/aromatic N) is 2. The molecular formula is C18H21N3O. The molecule has 3 unspecified atom stereocenters. The summed E-state index contributed by atoms with van der Waals surface area (Å²) in [6.45, 7) is 1.08. The Kier molecular flexibility index (Phi) is 3.37. The van der Waals surface area contributed by atoms with Crippen LogP contribution in [0.5, 0.6) is 5.75 Å². The van der Waals surface area contributed by atoms with E-state index in [1.165, 1.54) is 18.5 Å². The lowest BCUT2D eigenvalue weighted by Crippen LogP contribution is -2.31. The van der Waals surface area contributed by atoms with Crippen LogP contribution < -0.4 is 15.4 Å². The third-order valence-electron chi connectivity index (χ3n) is 4.92. The van der Waals surface area contributed by atoms with E-state index in [0.29, 0.717) is 18.1 Å². The first-order valence-corrected chi connectivity index (χ1v) is 7.98. The summed E-state index contributed by atoms with van der Waals surface area (Å²) in [5, 5.41) is 0. The summed E-state index contributed by atoms with van der Waals surface area (Å²) < 4.78 is 6.23. The minimum Gasteiger partial charge on any atom is -0.490 e. The van der Waals surface area contributed by atoms with Gasteiger partial charge in [-0.25, -0.2) is 0 Å². The second-order valence-corrected chi connectivity index (χ2v) is 6.31. The van der Waals surface area contributed by atoms with Crippen molar-refractivity contribution in [2.75, 3.05) is 17.2 Å². The van der Waals surface area contributed by atoms with Crippen molar-refractivity contribution in [1.29, 1.82) is 0 Å². The number of aromatic nitrogens is 1. The molecular weight excluding hydrogens is 274 g/mol. The zero-order valence-electron chi connectivity index (χ0n) is 12.6. The number of hydrogen-bond donors (Lipinski definition) is 1. The second-order valence-electron chi connectivity index (χ2n) is 6.31. The predicted octanol–water partition coefficient (Wildman–Crippen LogP) is 3.10. The van der Waals surface area contributed by atoms with Crippen molar-refractivity contribution in [3.05, 3.63) is 48.8 Å². The van der Waals surface area contributed by atoms with Crippen LogP contribution in [0.2, 0.25) is 0 Å². The number of benzene rings is 1. The molecule has 1 aromatic heterocycles. The third-order valence-corrected chi connectivity index (χ3v) is 4.92. The molecule has 114 valence electrons. The van der Waals surface area contributed by atoms with Gasteiger partial charge in [-0.15, -0.1) is 0 Å². The maximum atomic E-state index is 6.23. The van der Waals surface area contributed by atoms with Crippen LogP contribution in [0.25, 0.3) is 0 Å². The number of ether oxygens (including phenoxy) is 1. The van der Waals surface area contributed by atoms with Gasteiger partial charge in [0.2, 0.25) is 0 Å². The molecule has 2 fully saturated rings. The van der Waals surface area contributed by atoms with Crippen LogP contribution in [0.3, 0.4) is 0 Å². The zero-order chi connectivity index (χ0) is 14.9. The van der Waals surface area contributed by atoms with Gasteiger partial charge in [0.05, 0.1) is 0 Å². The molecule has 1 aliphatic carbocycles. The summed E-state index contributed by atoms with van der Waals surface area (Å²) in [5.41, 5.74) is 7.80. The van der Waals surface area contributed by atoms with Crippen molar-refractivity contribution in [3.63, 3.8) is 0 Å². The summed E-state index contributed by atoms with van der Waals surface area (Å²) in [7, 11) is 0. The molecule has 1 aromatic carbocycles. The van der Waals surface area contributed by atoms with Gasteiger partial charge >= 0.3 is 0 Å². The molecule has 4 rings (SSSR count). The number of rotatable bonds is 3. The normalized spacial score (nSPS) is 26.9. The second kappa shape index (κ2) is 5.52. The highest BCUT2D eigenvalue weighted by atomic mass is 16.5. The van der Waals surface area contributed by atoms with E-state index in [9.17, 15) is 0 Å². The number of nitrogen functional groups attached to an aromatic ring is 1. The van der Waals surface area contributed by atoms with E-state index in [1.807, 2.05) is 36.7 Å². The van der Waals surface area contributed by atoms with Crippen LogP contribution in [0.4, 0.5) is 11.4 Å². The van der Waals surface area contributed by atoms with Gasteiger partial charge in [0.1, 0.15) is 11.9 Å². The predicted molar refractivity (Wildman–Crippen MR) is 88.0 cm³/mol. The third kappa shape index (κ3) is 2.49. The first kappa shape index (κ1) is 13.4. The summed E-state index contributed by atoms with van der Waals surface area (Å²) in [5.74, 6) is 1.53. The first-order valence-electron chi connectivity index (χ1n) is 7.98. The maximum absolute atomic E-state index is 6.23. The Hall–Kier alpha value is -2.23. The lowest BCUT2D eigenvalue weighted by atomic mass is 9.87. The molecule has 1 saturated heterocycles. The number of anilines is 2. The zero-order valence-corrected chi connectivity index (χ0v) is 12.6. The van der Waals surface area contributed by atoms with E-state index >= 15 is 0 Å². The van der Waals surface area contributed by atoms with E-state index < -0.39 is 0 Å². The van der Waals surface area contributed by atoms with E-state index in [0.717, 1.165) is 24.4 Å². The molecule has 1 saturated carbocycles. The molecule has 4 heteroatoms. The Morgan fingerprint density at radius 3 is 2.59 bits per heavy atom. The van der Waals surface area contributed by atoms with Gasteiger partial charge in [-0.05, 0) is 55.7 Å². The van der Waals surface area contributed by atoms with Gasteiger partial charge in [0.15, 0.2) is 0 Å². The lowest BCUT2D eigenvalue weighted by Gasteiger charge is -2.29. The van der Waals surface area contributed by atoms with E-state index in [-0.39, 0.29) is 0 Å². The Balaban J connectivity index is 1.47. The van der Waals surface area contributed by atoms with Crippen LogP contribution in [-0.2, 0) is 0 Å². The molecule has 0 radical (unpaired) electrons. The first-order chi connectivity index (χ1) is 10.8. The average molecular weight is 295 g/mol.